The minimum atomic E-state index is 0.742. The number of hydrogen-bond acceptors (Lipinski definition) is 3. The molecule has 0 spiro atoms. The van der Waals surface area contributed by atoms with E-state index in [-0.39, 0.29) is 0 Å². The molecule has 3 nitrogen and oxygen atoms in total. The average molecular weight is 246 g/mol. The molecule has 18 heavy (non-hydrogen) atoms. The average Bonchev–Trinajstić information content (AvgIpc) is 2.41. The Labute approximate surface area is 109 Å². The first-order valence-electron chi connectivity index (χ1n) is 6.64. The number of piperidine rings is 1. The SMILES string of the molecule is CN1CCC(CN(C)c2ccc(C=O)cc2)CC1. The molecule has 98 valence electrons. The topological polar surface area (TPSA) is 23.6 Å². The van der Waals surface area contributed by atoms with E-state index in [0.29, 0.717) is 0 Å². The maximum absolute atomic E-state index is 10.6. The molecule has 1 aromatic rings. The standard InChI is InChI=1S/C15H22N2O/c1-16-9-7-13(8-10-16)11-17(2)15-5-3-14(12-18)4-6-15/h3-6,12-13H,7-11H2,1-2H3. The smallest absolute Gasteiger partial charge is 0.150 e. The zero-order valence-corrected chi connectivity index (χ0v) is 11.3. The molecule has 0 saturated carbocycles. The summed E-state index contributed by atoms with van der Waals surface area (Å²) in [5, 5.41) is 0. The van der Waals surface area contributed by atoms with E-state index in [1.807, 2.05) is 24.3 Å². The lowest BCUT2D eigenvalue weighted by Crippen LogP contribution is -2.35. The number of likely N-dealkylation sites (tertiary alicyclic amines) is 1. The molecule has 0 unspecified atom stereocenters. The summed E-state index contributed by atoms with van der Waals surface area (Å²) < 4.78 is 0. The summed E-state index contributed by atoms with van der Waals surface area (Å²) in [5.74, 6) is 0.789. The Hall–Kier alpha value is -1.35. The van der Waals surface area contributed by atoms with E-state index in [0.717, 1.165) is 24.3 Å². The lowest BCUT2D eigenvalue weighted by Gasteiger charge is -2.32. The summed E-state index contributed by atoms with van der Waals surface area (Å²) in [6, 6.07) is 7.82. The third-order valence-electron chi connectivity index (χ3n) is 3.84. The third kappa shape index (κ3) is 3.33. The molecule has 0 radical (unpaired) electrons. The molecule has 3 heteroatoms. The molecular weight excluding hydrogens is 224 g/mol. The number of anilines is 1. The van der Waals surface area contributed by atoms with Crippen molar-refractivity contribution in [2.75, 3.05) is 38.6 Å². The maximum Gasteiger partial charge on any atom is 0.150 e. The van der Waals surface area contributed by atoms with Crippen molar-refractivity contribution in [1.29, 1.82) is 0 Å². The fourth-order valence-corrected chi connectivity index (χ4v) is 2.54. The zero-order chi connectivity index (χ0) is 13.0. The Balaban J connectivity index is 1.90. The van der Waals surface area contributed by atoms with Crippen LogP contribution in [0.1, 0.15) is 23.2 Å². The lowest BCUT2D eigenvalue weighted by molar-refractivity contribution is 0.112. The van der Waals surface area contributed by atoms with Crippen molar-refractivity contribution < 1.29 is 4.79 Å². The first-order chi connectivity index (χ1) is 8.69. The van der Waals surface area contributed by atoms with Crippen molar-refractivity contribution in [1.82, 2.24) is 4.90 Å². The summed E-state index contributed by atoms with van der Waals surface area (Å²) in [7, 11) is 4.33. The van der Waals surface area contributed by atoms with Crippen molar-refractivity contribution in [2.24, 2.45) is 5.92 Å². The van der Waals surface area contributed by atoms with Gasteiger partial charge in [-0.15, -0.1) is 0 Å². The Kier molecular flexibility index (Phi) is 4.37. The van der Waals surface area contributed by atoms with Crippen LogP contribution in [0.5, 0.6) is 0 Å². The van der Waals surface area contributed by atoms with Gasteiger partial charge >= 0.3 is 0 Å². The van der Waals surface area contributed by atoms with E-state index in [1.165, 1.54) is 31.6 Å². The molecule has 0 N–H and O–H groups in total. The highest BCUT2D eigenvalue weighted by Gasteiger charge is 2.18. The number of carbonyl (C=O) groups is 1. The second kappa shape index (κ2) is 6.01. The van der Waals surface area contributed by atoms with E-state index >= 15 is 0 Å². The van der Waals surface area contributed by atoms with Crippen LogP contribution in [0.15, 0.2) is 24.3 Å². The minimum Gasteiger partial charge on any atom is -0.374 e. The van der Waals surface area contributed by atoms with Gasteiger partial charge in [0.05, 0.1) is 0 Å². The molecule has 0 bridgehead atoms. The highest BCUT2D eigenvalue weighted by atomic mass is 16.1. The number of carbonyl (C=O) groups excluding carboxylic acids is 1. The van der Waals surface area contributed by atoms with Gasteiger partial charge in [-0.3, -0.25) is 4.79 Å². The van der Waals surface area contributed by atoms with Gasteiger partial charge < -0.3 is 9.80 Å². The van der Waals surface area contributed by atoms with Crippen molar-refractivity contribution in [3.8, 4) is 0 Å². The quantitative estimate of drug-likeness (QED) is 0.761. The fourth-order valence-electron chi connectivity index (χ4n) is 2.54. The summed E-state index contributed by atoms with van der Waals surface area (Å²) in [4.78, 5) is 15.3. The van der Waals surface area contributed by atoms with Crippen LogP contribution in [0.2, 0.25) is 0 Å². The summed E-state index contributed by atoms with van der Waals surface area (Å²) >= 11 is 0. The predicted molar refractivity (Wildman–Crippen MR) is 75.3 cm³/mol. The van der Waals surface area contributed by atoms with Gasteiger partial charge in [0.1, 0.15) is 6.29 Å². The first kappa shape index (κ1) is 13.1. The molecule has 1 aliphatic rings. The Bertz CT molecular complexity index is 380. The Morgan fingerprint density at radius 3 is 2.44 bits per heavy atom. The molecule has 0 atom stereocenters. The summed E-state index contributed by atoms with van der Waals surface area (Å²) in [6.07, 6.45) is 3.46. The van der Waals surface area contributed by atoms with Gasteiger partial charge in [0.25, 0.3) is 0 Å². The van der Waals surface area contributed by atoms with Crippen molar-refractivity contribution >= 4 is 12.0 Å². The first-order valence-corrected chi connectivity index (χ1v) is 6.64. The molecule has 0 amide bonds. The van der Waals surface area contributed by atoms with E-state index in [4.69, 9.17) is 0 Å². The van der Waals surface area contributed by atoms with Gasteiger partial charge in [-0.25, -0.2) is 0 Å². The predicted octanol–water partition coefficient (Wildman–Crippen LogP) is 2.28. The summed E-state index contributed by atoms with van der Waals surface area (Å²) in [5.41, 5.74) is 1.94. The number of rotatable bonds is 4. The molecule has 1 saturated heterocycles. The fraction of sp³-hybridized carbons (Fsp3) is 0.533. The molecular formula is C15H22N2O. The number of aldehydes is 1. The number of hydrogen-bond donors (Lipinski definition) is 0. The van der Waals surface area contributed by atoms with Gasteiger partial charge in [0, 0.05) is 24.8 Å². The normalized spacial score (nSPS) is 17.7. The molecule has 1 fully saturated rings. The zero-order valence-electron chi connectivity index (χ0n) is 11.3. The minimum absolute atomic E-state index is 0.742. The summed E-state index contributed by atoms with van der Waals surface area (Å²) in [6.45, 7) is 3.53. The molecule has 1 heterocycles. The maximum atomic E-state index is 10.6. The van der Waals surface area contributed by atoms with Gasteiger partial charge in [0.15, 0.2) is 0 Å². The van der Waals surface area contributed by atoms with Crippen LogP contribution >= 0.6 is 0 Å². The van der Waals surface area contributed by atoms with Crippen molar-refractivity contribution in [3.63, 3.8) is 0 Å². The van der Waals surface area contributed by atoms with Crippen LogP contribution in [0.3, 0.4) is 0 Å². The van der Waals surface area contributed by atoms with Gasteiger partial charge in [-0.2, -0.15) is 0 Å². The largest absolute Gasteiger partial charge is 0.374 e. The number of nitrogens with zero attached hydrogens (tertiary/aromatic N) is 2. The van der Waals surface area contributed by atoms with Crippen LogP contribution in [0, 0.1) is 5.92 Å². The molecule has 2 rings (SSSR count). The third-order valence-corrected chi connectivity index (χ3v) is 3.84. The monoisotopic (exact) mass is 246 g/mol. The van der Waals surface area contributed by atoms with Gasteiger partial charge in [-0.05, 0) is 63.2 Å². The van der Waals surface area contributed by atoms with Crippen molar-refractivity contribution in [2.45, 2.75) is 12.8 Å². The molecule has 0 aromatic heterocycles. The Morgan fingerprint density at radius 2 is 1.89 bits per heavy atom. The highest BCUT2D eigenvalue weighted by Crippen LogP contribution is 2.20. The lowest BCUT2D eigenvalue weighted by atomic mass is 9.96. The van der Waals surface area contributed by atoms with Crippen LogP contribution < -0.4 is 4.90 Å². The van der Waals surface area contributed by atoms with Crippen LogP contribution in [0.25, 0.3) is 0 Å². The van der Waals surface area contributed by atoms with Crippen LogP contribution in [-0.2, 0) is 0 Å². The second-order valence-electron chi connectivity index (χ2n) is 5.34. The van der Waals surface area contributed by atoms with Crippen LogP contribution in [-0.4, -0.2) is 44.9 Å². The molecule has 1 aromatic carbocycles. The van der Waals surface area contributed by atoms with Gasteiger partial charge in [-0.1, -0.05) is 0 Å². The molecule has 1 aliphatic heterocycles. The van der Waals surface area contributed by atoms with E-state index < -0.39 is 0 Å². The highest BCUT2D eigenvalue weighted by molar-refractivity contribution is 5.75. The number of benzene rings is 1. The van der Waals surface area contributed by atoms with Crippen LogP contribution in [0.4, 0.5) is 5.69 Å². The molecule has 0 aliphatic carbocycles. The second-order valence-corrected chi connectivity index (χ2v) is 5.34. The van der Waals surface area contributed by atoms with Crippen molar-refractivity contribution in [3.05, 3.63) is 29.8 Å². The van der Waals surface area contributed by atoms with E-state index in [9.17, 15) is 4.79 Å². The Morgan fingerprint density at radius 1 is 1.28 bits per heavy atom. The van der Waals surface area contributed by atoms with E-state index in [2.05, 4.69) is 23.9 Å². The van der Waals surface area contributed by atoms with Gasteiger partial charge in [0.2, 0.25) is 0 Å². The van der Waals surface area contributed by atoms with E-state index in [1.54, 1.807) is 0 Å².